The predicted molar refractivity (Wildman–Crippen MR) is 142 cm³/mol. The quantitative estimate of drug-likeness (QED) is 0.544. The van der Waals surface area contributed by atoms with Crippen LogP contribution >= 0.6 is 11.8 Å². The Bertz CT molecular complexity index is 979. The van der Waals surface area contributed by atoms with E-state index in [1.807, 2.05) is 36.1 Å². The third-order valence-electron chi connectivity index (χ3n) is 7.28. The highest BCUT2D eigenvalue weighted by Gasteiger charge is 2.53. The summed E-state index contributed by atoms with van der Waals surface area (Å²) >= 11 is 1.30. The molecule has 3 heterocycles. The number of benzene rings is 1. The topological polar surface area (TPSA) is 77.1 Å². The minimum atomic E-state index is -0.988. The lowest BCUT2D eigenvalue weighted by Gasteiger charge is -2.48. The highest BCUT2D eigenvalue weighted by atomic mass is 32.2. The Hall–Kier alpha value is -2.29. The molecule has 2 bridgehead atoms. The number of fused-ring (bicyclic) bond motifs is 2. The summed E-state index contributed by atoms with van der Waals surface area (Å²) in [4.78, 5) is 27.7. The lowest BCUT2D eigenvalue weighted by atomic mass is 9.89. The summed E-state index contributed by atoms with van der Waals surface area (Å²) in [5, 5.41) is 3.23. The molecule has 0 spiro atoms. The molecule has 1 aromatic carbocycles. The van der Waals surface area contributed by atoms with Crippen molar-refractivity contribution in [1.29, 1.82) is 0 Å². The first-order valence-electron chi connectivity index (χ1n) is 12.8. The van der Waals surface area contributed by atoms with E-state index >= 15 is 0 Å². The normalized spacial score (nSPS) is 32.2. The van der Waals surface area contributed by atoms with Crippen LogP contribution in [0.25, 0.3) is 0 Å². The number of hydrogen-bond acceptors (Lipinski definition) is 6. The number of hydrogen-bond donors (Lipinski definition) is 1. The predicted octanol–water partition coefficient (Wildman–Crippen LogP) is 5.21. The summed E-state index contributed by atoms with van der Waals surface area (Å²) in [6, 6.07) is 7.41. The van der Waals surface area contributed by atoms with Crippen LogP contribution < -0.4 is 10.1 Å². The number of ether oxygens (including phenoxy) is 3. The van der Waals surface area contributed by atoms with Gasteiger partial charge < -0.3 is 24.4 Å². The van der Waals surface area contributed by atoms with Crippen molar-refractivity contribution in [3.8, 4) is 5.75 Å². The Balaban J connectivity index is 1.58. The summed E-state index contributed by atoms with van der Waals surface area (Å²) in [5.74, 6) is 0.300. The molecule has 3 aliphatic heterocycles. The minimum absolute atomic E-state index is 0.0180. The second kappa shape index (κ2) is 12.3. The van der Waals surface area contributed by atoms with E-state index in [-0.39, 0.29) is 29.3 Å². The molecule has 0 aliphatic carbocycles. The van der Waals surface area contributed by atoms with Crippen LogP contribution in [0.3, 0.4) is 0 Å². The van der Waals surface area contributed by atoms with Crippen LogP contribution in [0.4, 0.5) is 4.79 Å². The number of nitrogens with one attached hydrogen (secondary N) is 1. The molecule has 2 fully saturated rings. The Morgan fingerprint density at radius 1 is 1.17 bits per heavy atom. The minimum Gasteiger partial charge on any atom is -0.497 e. The van der Waals surface area contributed by atoms with Crippen molar-refractivity contribution in [2.24, 2.45) is 0 Å². The number of allylic oxidation sites excluding steroid dienone is 3. The molecule has 7 nitrogen and oxygen atoms in total. The molecule has 8 heteroatoms. The van der Waals surface area contributed by atoms with Crippen LogP contribution in [0, 0.1) is 0 Å². The summed E-state index contributed by atoms with van der Waals surface area (Å²) in [6.07, 6.45) is 12.0. The van der Waals surface area contributed by atoms with Gasteiger partial charge in [-0.25, -0.2) is 0 Å². The molecular formula is C28H38N2O5S. The van der Waals surface area contributed by atoms with E-state index in [1.165, 1.54) is 11.8 Å². The molecule has 1 N–H and O–H groups in total. The number of nitrogens with zero attached hydrogens (tertiary/aromatic N) is 1. The molecule has 2 amide bonds. The van der Waals surface area contributed by atoms with Gasteiger partial charge in [0.2, 0.25) is 5.91 Å². The lowest BCUT2D eigenvalue weighted by molar-refractivity contribution is -0.294. The molecule has 4 rings (SSSR count). The second-order valence-corrected chi connectivity index (χ2v) is 10.9. The van der Waals surface area contributed by atoms with Crippen molar-refractivity contribution in [2.45, 2.75) is 82.4 Å². The molecule has 0 saturated carbocycles. The third kappa shape index (κ3) is 6.52. The third-order valence-corrected chi connectivity index (χ3v) is 8.24. The summed E-state index contributed by atoms with van der Waals surface area (Å²) in [7, 11) is 3.30. The first-order valence-corrected chi connectivity index (χ1v) is 13.8. The first-order chi connectivity index (χ1) is 17.4. The molecule has 0 aromatic heterocycles. The van der Waals surface area contributed by atoms with Crippen molar-refractivity contribution >= 4 is 22.9 Å². The van der Waals surface area contributed by atoms with Crippen molar-refractivity contribution < 1.29 is 23.8 Å². The second-order valence-electron chi connectivity index (χ2n) is 9.90. The Morgan fingerprint density at radius 2 is 1.94 bits per heavy atom. The molecule has 2 saturated heterocycles. The number of amides is 2. The van der Waals surface area contributed by atoms with E-state index < -0.39 is 5.79 Å². The summed E-state index contributed by atoms with van der Waals surface area (Å²) < 4.78 is 18.1. The maximum absolute atomic E-state index is 13.0. The van der Waals surface area contributed by atoms with Crippen molar-refractivity contribution in [3.63, 3.8) is 0 Å². The molecule has 4 atom stereocenters. The van der Waals surface area contributed by atoms with Crippen molar-refractivity contribution in [2.75, 3.05) is 20.0 Å². The number of rotatable bonds is 5. The van der Waals surface area contributed by atoms with E-state index in [0.29, 0.717) is 18.7 Å². The average molecular weight is 515 g/mol. The highest BCUT2D eigenvalue weighted by molar-refractivity contribution is 8.13. The summed E-state index contributed by atoms with van der Waals surface area (Å²) in [6.45, 7) is 2.47. The van der Waals surface area contributed by atoms with E-state index in [4.69, 9.17) is 14.2 Å². The molecular weight excluding hydrogens is 476 g/mol. The Kier molecular flexibility index (Phi) is 9.14. The lowest BCUT2D eigenvalue weighted by Crippen LogP contribution is -2.62. The van der Waals surface area contributed by atoms with Crippen LogP contribution in [0.2, 0.25) is 0 Å². The number of thioether (sulfide) groups is 1. The smallest absolute Gasteiger partial charge is 0.282 e. The molecule has 3 unspecified atom stereocenters. The largest absolute Gasteiger partial charge is 0.497 e. The maximum atomic E-state index is 13.0. The van der Waals surface area contributed by atoms with Crippen LogP contribution in [0.1, 0.15) is 57.4 Å². The Labute approximate surface area is 218 Å². The molecule has 1 aromatic rings. The van der Waals surface area contributed by atoms with E-state index in [2.05, 4.69) is 17.5 Å². The van der Waals surface area contributed by atoms with Crippen LogP contribution in [0.15, 0.2) is 48.1 Å². The average Bonchev–Trinajstić information content (AvgIpc) is 3.23. The maximum Gasteiger partial charge on any atom is 0.282 e. The molecule has 3 aliphatic rings. The van der Waals surface area contributed by atoms with Gasteiger partial charge in [-0.2, -0.15) is 0 Å². The van der Waals surface area contributed by atoms with Gasteiger partial charge in [-0.05, 0) is 63.1 Å². The monoisotopic (exact) mass is 514 g/mol. The van der Waals surface area contributed by atoms with Crippen LogP contribution in [-0.2, 0) is 20.8 Å². The van der Waals surface area contributed by atoms with E-state index in [0.717, 1.165) is 55.4 Å². The fourth-order valence-corrected chi connectivity index (χ4v) is 6.45. The van der Waals surface area contributed by atoms with E-state index in [1.54, 1.807) is 20.3 Å². The zero-order chi connectivity index (χ0) is 25.5. The van der Waals surface area contributed by atoms with Gasteiger partial charge in [0.1, 0.15) is 5.75 Å². The zero-order valence-electron chi connectivity index (χ0n) is 21.5. The number of methoxy groups -OCH3 is 2. The highest BCUT2D eigenvalue weighted by Crippen LogP contribution is 2.42. The van der Waals surface area contributed by atoms with Crippen molar-refractivity contribution in [1.82, 2.24) is 10.2 Å². The van der Waals surface area contributed by atoms with Crippen LogP contribution in [0.5, 0.6) is 5.75 Å². The van der Waals surface area contributed by atoms with Gasteiger partial charge in [-0.1, -0.05) is 41.6 Å². The molecule has 36 heavy (non-hydrogen) atoms. The van der Waals surface area contributed by atoms with Gasteiger partial charge in [-0.15, -0.1) is 0 Å². The fraction of sp³-hybridized carbons (Fsp3) is 0.571. The van der Waals surface area contributed by atoms with Gasteiger partial charge in [0.15, 0.2) is 5.79 Å². The van der Waals surface area contributed by atoms with Gasteiger partial charge in [0, 0.05) is 37.9 Å². The van der Waals surface area contributed by atoms with Gasteiger partial charge >= 0.3 is 0 Å². The molecule has 0 radical (unpaired) electrons. The van der Waals surface area contributed by atoms with Crippen molar-refractivity contribution in [3.05, 3.63) is 53.6 Å². The number of carbonyl (C=O) groups is 2. The zero-order valence-corrected chi connectivity index (χ0v) is 22.4. The molecule has 196 valence electrons. The number of carbonyl (C=O) groups excluding carboxylic acids is 2. The van der Waals surface area contributed by atoms with Gasteiger partial charge in [0.25, 0.3) is 5.24 Å². The summed E-state index contributed by atoms with van der Waals surface area (Å²) in [5.41, 5.74) is 2.08. The van der Waals surface area contributed by atoms with Gasteiger partial charge in [-0.3, -0.25) is 9.59 Å². The fourth-order valence-electron chi connectivity index (χ4n) is 5.36. The first kappa shape index (κ1) is 26.8. The van der Waals surface area contributed by atoms with Gasteiger partial charge in [0.05, 0.1) is 19.3 Å². The SMILES string of the molecule is COc1ccc(CN2C(=O)SC[C@H]2C2(OC)CC3CC(CCC/C=C\CC/C(C)=C\C(=O)N3)O2)cc1. The standard InChI is InChI=1S/C28H38N2O5S/c1-20-9-7-5-4-6-8-10-24-16-22(29-26(31)15-20)17-28(34-3,35-24)25-19-36-27(32)30(25)18-21-11-13-23(33-2)14-12-21/h4-5,11-15,22,24-25H,6-10,16-19H2,1-3H3,(H,29,31)/b5-4-,20-15-/t22?,24?,25-,28?/m0/s1. The van der Waals surface area contributed by atoms with E-state index in [9.17, 15) is 9.59 Å². The Morgan fingerprint density at radius 3 is 2.69 bits per heavy atom. The van der Waals surface area contributed by atoms with Crippen LogP contribution in [-0.4, -0.2) is 60.0 Å².